The molecule has 0 bridgehead atoms. The molecular formula is C26H23N3O4S. The Kier molecular flexibility index (Phi) is 5.25. The van der Waals surface area contributed by atoms with Gasteiger partial charge in [-0.15, -0.1) is 0 Å². The van der Waals surface area contributed by atoms with Crippen molar-refractivity contribution in [2.45, 2.75) is 27.7 Å². The summed E-state index contributed by atoms with van der Waals surface area (Å²) in [6.45, 7) is 8.02. The second-order valence-corrected chi connectivity index (χ2v) is 8.83. The Morgan fingerprint density at radius 2 is 1.74 bits per heavy atom. The van der Waals surface area contributed by atoms with Crippen LogP contribution in [0, 0.1) is 27.7 Å². The number of ether oxygens (including phenoxy) is 2. The van der Waals surface area contributed by atoms with Gasteiger partial charge in [-0.2, -0.15) is 0 Å². The average Bonchev–Trinajstić information content (AvgIpc) is 3.35. The summed E-state index contributed by atoms with van der Waals surface area (Å²) in [6, 6.07) is 13.4. The molecule has 1 fully saturated rings. The van der Waals surface area contributed by atoms with Crippen LogP contribution in [0.1, 0.15) is 28.1 Å². The number of nitrogens with zero attached hydrogens (tertiary/aromatic N) is 2. The van der Waals surface area contributed by atoms with Crippen molar-refractivity contribution in [3.63, 3.8) is 0 Å². The lowest BCUT2D eigenvalue weighted by Gasteiger charge is -2.30. The fraction of sp³-hybridized carbons (Fsp3) is 0.192. The number of benzene rings is 2. The topological polar surface area (TPSA) is 72.8 Å². The summed E-state index contributed by atoms with van der Waals surface area (Å²) in [5.41, 5.74) is 6.16. The molecule has 0 saturated carbocycles. The van der Waals surface area contributed by atoms with Crippen LogP contribution in [-0.2, 0) is 9.59 Å². The molecule has 0 atom stereocenters. The fourth-order valence-electron chi connectivity index (χ4n) is 4.44. The van der Waals surface area contributed by atoms with Crippen molar-refractivity contribution in [1.29, 1.82) is 0 Å². The highest BCUT2D eigenvalue weighted by Gasteiger charge is 2.35. The van der Waals surface area contributed by atoms with Crippen LogP contribution in [0.15, 0.2) is 48.0 Å². The maximum Gasteiger partial charge on any atom is 0.270 e. The molecule has 172 valence electrons. The highest BCUT2D eigenvalue weighted by Crippen LogP contribution is 2.35. The molecule has 2 aliphatic rings. The maximum absolute atomic E-state index is 13.5. The molecular weight excluding hydrogens is 450 g/mol. The highest BCUT2D eigenvalue weighted by molar-refractivity contribution is 7.80. The zero-order valence-corrected chi connectivity index (χ0v) is 20.1. The van der Waals surface area contributed by atoms with Crippen molar-refractivity contribution in [3.05, 3.63) is 76.1 Å². The van der Waals surface area contributed by atoms with E-state index in [9.17, 15) is 9.59 Å². The summed E-state index contributed by atoms with van der Waals surface area (Å²) < 4.78 is 13.0. The molecule has 0 aliphatic carbocycles. The Labute approximate surface area is 202 Å². The van der Waals surface area contributed by atoms with Crippen LogP contribution in [0.3, 0.4) is 0 Å². The number of carbonyl (C=O) groups excluding carboxylic acids is 2. The van der Waals surface area contributed by atoms with E-state index in [-0.39, 0.29) is 17.5 Å². The summed E-state index contributed by atoms with van der Waals surface area (Å²) in [7, 11) is 0. The monoisotopic (exact) mass is 473 g/mol. The number of nitrogens with one attached hydrogen (secondary N) is 1. The van der Waals surface area contributed by atoms with E-state index in [1.807, 2.05) is 74.7 Å². The van der Waals surface area contributed by atoms with Crippen molar-refractivity contribution < 1.29 is 19.1 Å². The van der Waals surface area contributed by atoms with Gasteiger partial charge in [-0.1, -0.05) is 17.7 Å². The van der Waals surface area contributed by atoms with Crippen LogP contribution in [0.4, 0.5) is 5.69 Å². The summed E-state index contributed by atoms with van der Waals surface area (Å²) in [4.78, 5) is 27.6. The second kappa shape index (κ2) is 8.14. The molecule has 2 aromatic carbocycles. The van der Waals surface area contributed by atoms with Gasteiger partial charge in [-0.25, -0.2) is 0 Å². The normalized spacial score (nSPS) is 16.4. The number of thiocarbonyl (C=S) groups is 1. The predicted molar refractivity (Wildman–Crippen MR) is 133 cm³/mol. The number of anilines is 1. The Bertz CT molecular complexity index is 1420. The fourth-order valence-corrected chi connectivity index (χ4v) is 4.72. The minimum Gasteiger partial charge on any atom is -0.454 e. The van der Waals surface area contributed by atoms with E-state index in [1.54, 1.807) is 6.08 Å². The number of rotatable bonds is 3. The Hall–Kier alpha value is -3.91. The molecule has 0 radical (unpaired) electrons. The predicted octanol–water partition coefficient (Wildman–Crippen LogP) is 4.27. The smallest absolute Gasteiger partial charge is 0.270 e. The van der Waals surface area contributed by atoms with Gasteiger partial charge in [0.1, 0.15) is 5.57 Å². The molecule has 5 rings (SSSR count). The van der Waals surface area contributed by atoms with Crippen LogP contribution in [0.25, 0.3) is 11.8 Å². The van der Waals surface area contributed by atoms with E-state index >= 15 is 0 Å². The van der Waals surface area contributed by atoms with Crippen LogP contribution in [0.2, 0.25) is 0 Å². The number of hydrogen-bond acceptors (Lipinski definition) is 5. The Morgan fingerprint density at radius 3 is 2.50 bits per heavy atom. The van der Waals surface area contributed by atoms with Crippen molar-refractivity contribution in [3.8, 4) is 17.2 Å². The molecule has 1 N–H and O–H groups in total. The first-order valence-electron chi connectivity index (χ1n) is 10.8. The molecule has 34 heavy (non-hydrogen) atoms. The first kappa shape index (κ1) is 21.9. The van der Waals surface area contributed by atoms with E-state index < -0.39 is 11.8 Å². The van der Waals surface area contributed by atoms with Crippen LogP contribution < -0.4 is 19.7 Å². The van der Waals surface area contributed by atoms with E-state index in [0.29, 0.717) is 17.2 Å². The van der Waals surface area contributed by atoms with Gasteiger partial charge in [0, 0.05) is 23.1 Å². The number of aromatic nitrogens is 1. The molecule has 1 saturated heterocycles. The van der Waals surface area contributed by atoms with Gasteiger partial charge in [-0.05, 0) is 81.4 Å². The van der Waals surface area contributed by atoms with Gasteiger partial charge in [0.25, 0.3) is 11.8 Å². The number of fused-ring (bicyclic) bond motifs is 1. The zero-order chi connectivity index (χ0) is 24.1. The lowest BCUT2D eigenvalue weighted by Crippen LogP contribution is -2.54. The third kappa shape index (κ3) is 3.56. The number of hydrogen-bond donors (Lipinski definition) is 1. The third-order valence-electron chi connectivity index (χ3n) is 6.08. The lowest BCUT2D eigenvalue weighted by molar-refractivity contribution is -0.122. The second-order valence-electron chi connectivity index (χ2n) is 8.45. The minimum absolute atomic E-state index is 0.0273. The quantitative estimate of drug-likeness (QED) is 0.349. The summed E-state index contributed by atoms with van der Waals surface area (Å²) in [5, 5.41) is 2.74. The van der Waals surface area contributed by atoms with Crippen molar-refractivity contribution in [2.24, 2.45) is 0 Å². The van der Waals surface area contributed by atoms with Gasteiger partial charge < -0.3 is 14.0 Å². The molecule has 3 aromatic rings. The number of carbonyl (C=O) groups is 2. The van der Waals surface area contributed by atoms with Gasteiger partial charge in [0.2, 0.25) is 6.79 Å². The molecule has 2 aliphatic heterocycles. The Balaban J connectivity index is 1.55. The molecule has 0 unspecified atom stereocenters. The van der Waals surface area contributed by atoms with Gasteiger partial charge >= 0.3 is 0 Å². The van der Waals surface area contributed by atoms with Crippen molar-refractivity contribution in [2.75, 3.05) is 11.7 Å². The van der Waals surface area contributed by atoms with Gasteiger partial charge in [0.15, 0.2) is 16.6 Å². The van der Waals surface area contributed by atoms with E-state index in [4.69, 9.17) is 21.7 Å². The molecule has 2 amide bonds. The first-order chi connectivity index (χ1) is 16.2. The average molecular weight is 474 g/mol. The standard InChI is InChI=1S/C26H23N3O4S/c1-14-5-7-21(15(2)9-14)29-25(31)20(24(30)27-26(29)34)11-18-10-16(3)28(17(18)4)19-6-8-22-23(12-19)33-13-32-22/h5-12H,13H2,1-4H3,(H,27,30,34)/b20-11+. The number of amides is 2. The molecule has 0 spiro atoms. The van der Waals surface area contributed by atoms with E-state index in [0.717, 1.165) is 33.8 Å². The molecule has 3 heterocycles. The van der Waals surface area contributed by atoms with E-state index in [2.05, 4.69) is 5.32 Å². The first-order valence-corrected chi connectivity index (χ1v) is 11.2. The lowest BCUT2D eigenvalue weighted by atomic mass is 10.0. The van der Waals surface area contributed by atoms with Crippen LogP contribution in [-0.4, -0.2) is 28.3 Å². The summed E-state index contributed by atoms with van der Waals surface area (Å²) in [5.74, 6) is 0.433. The van der Waals surface area contributed by atoms with Crippen LogP contribution >= 0.6 is 12.2 Å². The van der Waals surface area contributed by atoms with Crippen molar-refractivity contribution in [1.82, 2.24) is 9.88 Å². The molecule has 1 aromatic heterocycles. The maximum atomic E-state index is 13.5. The Morgan fingerprint density at radius 1 is 0.971 bits per heavy atom. The summed E-state index contributed by atoms with van der Waals surface area (Å²) in [6.07, 6.45) is 1.63. The van der Waals surface area contributed by atoms with E-state index in [1.165, 1.54) is 4.90 Å². The molecule has 8 heteroatoms. The SMILES string of the molecule is Cc1ccc(N2C(=O)/C(=C/c3cc(C)n(-c4ccc5c(c4)OCO5)c3C)C(=O)NC2=S)c(C)c1. The largest absolute Gasteiger partial charge is 0.454 e. The third-order valence-corrected chi connectivity index (χ3v) is 6.36. The number of aryl methyl sites for hydroxylation is 3. The van der Waals surface area contributed by atoms with Gasteiger partial charge in [0.05, 0.1) is 5.69 Å². The molecule has 7 nitrogen and oxygen atoms in total. The van der Waals surface area contributed by atoms with Gasteiger partial charge in [-0.3, -0.25) is 19.8 Å². The zero-order valence-electron chi connectivity index (χ0n) is 19.3. The van der Waals surface area contributed by atoms with Crippen molar-refractivity contribution >= 4 is 40.9 Å². The van der Waals surface area contributed by atoms with Crippen LogP contribution in [0.5, 0.6) is 11.5 Å². The summed E-state index contributed by atoms with van der Waals surface area (Å²) >= 11 is 5.35. The highest BCUT2D eigenvalue weighted by atomic mass is 32.1. The minimum atomic E-state index is -0.510.